The first-order valence-electron chi connectivity index (χ1n) is 12.2. The summed E-state index contributed by atoms with van der Waals surface area (Å²) in [6.45, 7) is 10.2. The average molecular weight is 521 g/mol. The van der Waals surface area contributed by atoms with E-state index in [1.54, 1.807) is 23.1 Å². The fraction of sp³-hybridized carbons (Fsp3) is 0.357. The average Bonchev–Trinajstić information content (AvgIpc) is 3.30. The lowest BCUT2D eigenvalue weighted by Gasteiger charge is -2.33. The van der Waals surface area contributed by atoms with E-state index in [1.165, 1.54) is 11.8 Å². The maximum atomic E-state index is 13.6. The number of aromatic nitrogens is 2. The number of carbonyl (C=O) groups is 2. The van der Waals surface area contributed by atoms with Crippen LogP contribution in [-0.2, 0) is 16.1 Å². The highest BCUT2D eigenvalue weighted by atomic mass is 32.2. The van der Waals surface area contributed by atoms with E-state index >= 15 is 0 Å². The number of thioether (sulfide) groups is 1. The van der Waals surface area contributed by atoms with Crippen LogP contribution in [0.4, 0.5) is 5.69 Å². The van der Waals surface area contributed by atoms with Gasteiger partial charge in [-0.25, -0.2) is 9.97 Å². The van der Waals surface area contributed by atoms with Crippen molar-refractivity contribution >= 4 is 29.3 Å². The van der Waals surface area contributed by atoms with Gasteiger partial charge in [0.1, 0.15) is 6.04 Å². The number of carbonyl (C=O) groups excluding carboxylic acids is 2. The third-order valence-corrected chi connectivity index (χ3v) is 6.79. The maximum absolute atomic E-state index is 13.6. The highest BCUT2D eigenvalue weighted by molar-refractivity contribution is 7.99. The minimum atomic E-state index is -0.694. The van der Waals surface area contributed by atoms with Crippen molar-refractivity contribution in [2.75, 3.05) is 17.9 Å². The van der Waals surface area contributed by atoms with Crippen molar-refractivity contribution in [3.63, 3.8) is 0 Å². The Morgan fingerprint density at radius 2 is 1.65 bits per heavy atom. The Bertz CT molecular complexity index is 1260. The molecule has 1 unspecified atom stereocenters. The van der Waals surface area contributed by atoms with Crippen LogP contribution in [0.3, 0.4) is 0 Å². The number of benzene rings is 2. The Labute approximate surface area is 221 Å². The van der Waals surface area contributed by atoms with Crippen LogP contribution in [0.1, 0.15) is 36.4 Å². The number of ether oxygens (including phenoxy) is 2. The molecule has 0 bridgehead atoms. The van der Waals surface area contributed by atoms with Gasteiger partial charge in [0.05, 0.1) is 5.75 Å². The maximum Gasteiger partial charge on any atom is 0.247 e. The summed E-state index contributed by atoms with van der Waals surface area (Å²) in [7, 11) is 0. The van der Waals surface area contributed by atoms with E-state index in [2.05, 4.69) is 15.3 Å². The summed E-state index contributed by atoms with van der Waals surface area (Å²) in [5.74, 6) is 0.784. The topological polar surface area (TPSA) is 93.7 Å². The van der Waals surface area contributed by atoms with Crippen molar-refractivity contribution in [2.24, 2.45) is 5.92 Å². The largest absolute Gasteiger partial charge is 0.454 e. The fourth-order valence-electron chi connectivity index (χ4n) is 4.19. The van der Waals surface area contributed by atoms with Gasteiger partial charge in [0.15, 0.2) is 16.7 Å². The van der Waals surface area contributed by atoms with Crippen LogP contribution in [0.2, 0.25) is 0 Å². The van der Waals surface area contributed by atoms with E-state index in [4.69, 9.17) is 9.47 Å². The van der Waals surface area contributed by atoms with Crippen LogP contribution in [0.25, 0.3) is 0 Å². The Morgan fingerprint density at radius 1 is 0.973 bits per heavy atom. The molecule has 3 aromatic rings. The molecule has 1 aromatic heterocycles. The van der Waals surface area contributed by atoms with Crippen molar-refractivity contribution in [3.05, 3.63) is 71.0 Å². The van der Waals surface area contributed by atoms with E-state index < -0.39 is 6.04 Å². The SMILES string of the molecule is Cc1ccc(CN(C(=O)CSc2nc(C)cc(C)n2)C(C(=O)Nc2ccc3c(c2)OCO3)C(C)C)cc1. The standard InChI is InChI=1S/C28H32N4O4S/c1-17(2)26(27(34)31-22-10-11-23-24(13-22)36-16-35-23)32(14-21-8-6-18(3)7-9-21)25(33)15-37-28-29-19(4)12-20(5)30-28/h6-13,17,26H,14-16H2,1-5H3,(H,31,34). The summed E-state index contributed by atoms with van der Waals surface area (Å²) >= 11 is 1.28. The first kappa shape index (κ1) is 26.5. The molecule has 0 aliphatic carbocycles. The van der Waals surface area contributed by atoms with E-state index in [0.717, 1.165) is 22.5 Å². The number of anilines is 1. The van der Waals surface area contributed by atoms with Gasteiger partial charge < -0.3 is 19.7 Å². The van der Waals surface area contributed by atoms with Crippen LogP contribution in [0.15, 0.2) is 53.7 Å². The molecule has 8 nitrogen and oxygen atoms in total. The predicted octanol–water partition coefficient (Wildman–Crippen LogP) is 4.91. The molecule has 0 fully saturated rings. The summed E-state index contributed by atoms with van der Waals surface area (Å²) in [6, 6.07) is 14.5. The third kappa shape index (κ3) is 6.80. The Balaban J connectivity index is 1.57. The van der Waals surface area contributed by atoms with Gasteiger partial charge in [-0.3, -0.25) is 9.59 Å². The zero-order valence-corrected chi connectivity index (χ0v) is 22.6. The number of rotatable bonds is 9. The zero-order valence-electron chi connectivity index (χ0n) is 21.8. The molecule has 37 heavy (non-hydrogen) atoms. The Kier molecular flexibility index (Phi) is 8.33. The zero-order chi connectivity index (χ0) is 26.5. The van der Waals surface area contributed by atoms with Crippen LogP contribution < -0.4 is 14.8 Å². The lowest BCUT2D eigenvalue weighted by molar-refractivity contribution is -0.138. The van der Waals surface area contributed by atoms with Crippen LogP contribution in [-0.4, -0.2) is 45.3 Å². The van der Waals surface area contributed by atoms with Crippen molar-refractivity contribution in [1.82, 2.24) is 14.9 Å². The summed E-state index contributed by atoms with van der Waals surface area (Å²) in [5.41, 5.74) is 4.36. The second-order valence-electron chi connectivity index (χ2n) is 9.48. The molecule has 2 amide bonds. The van der Waals surface area contributed by atoms with Gasteiger partial charge in [0.25, 0.3) is 0 Å². The third-order valence-electron chi connectivity index (χ3n) is 5.96. The first-order chi connectivity index (χ1) is 17.7. The molecule has 2 aromatic carbocycles. The van der Waals surface area contributed by atoms with Crippen molar-refractivity contribution in [2.45, 2.75) is 52.4 Å². The van der Waals surface area contributed by atoms with E-state index in [-0.39, 0.29) is 30.3 Å². The van der Waals surface area contributed by atoms with Gasteiger partial charge in [-0.2, -0.15) is 0 Å². The lowest BCUT2D eigenvalue weighted by Crippen LogP contribution is -2.50. The molecule has 1 atom stereocenters. The summed E-state index contributed by atoms with van der Waals surface area (Å²) in [4.78, 5) is 37.8. The Hall–Kier alpha value is -3.59. The van der Waals surface area contributed by atoms with Crippen molar-refractivity contribution in [1.29, 1.82) is 0 Å². The van der Waals surface area contributed by atoms with E-state index in [0.29, 0.717) is 28.9 Å². The summed E-state index contributed by atoms with van der Waals surface area (Å²) in [6.07, 6.45) is 0. The minimum Gasteiger partial charge on any atom is -0.454 e. The van der Waals surface area contributed by atoms with Crippen molar-refractivity contribution < 1.29 is 19.1 Å². The second-order valence-corrected chi connectivity index (χ2v) is 10.4. The highest BCUT2D eigenvalue weighted by Crippen LogP contribution is 2.34. The summed E-state index contributed by atoms with van der Waals surface area (Å²) < 4.78 is 10.8. The molecular formula is C28H32N4O4S. The van der Waals surface area contributed by atoms with Crippen LogP contribution >= 0.6 is 11.8 Å². The van der Waals surface area contributed by atoms with Gasteiger partial charge >= 0.3 is 0 Å². The molecule has 0 saturated heterocycles. The minimum absolute atomic E-state index is 0.120. The van der Waals surface area contributed by atoms with E-state index in [1.807, 2.05) is 65.0 Å². The molecule has 1 aliphatic heterocycles. The highest BCUT2D eigenvalue weighted by Gasteiger charge is 2.33. The molecule has 1 aliphatic rings. The monoisotopic (exact) mass is 520 g/mol. The number of nitrogens with one attached hydrogen (secondary N) is 1. The first-order valence-corrected chi connectivity index (χ1v) is 13.2. The van der Waals surface area contributed by atoms with Gasteiger partial charge in [0, 0.05) is 29.7 Å². The van der Waals surface area contributed by atoms with Gasteiger partial charge in [-0.15, -0.1) is 0 Å². The molecular weight excluding hydrogens is 488 g/mol. The number of nitrogens with zero attached hydrogens (tertiary/aromatic N) is 3. The fourth-order valence-corrected chi connectivity index (χ4v) is 5.03. The van der Waals surface area contributed by atoms with Gasteiger partial charge in [-0.1, -0.05) is 55.4 Å². The number of hydrogen-bond acceptors (Lipinski definition) is 7. The van der Waals surface area contributed by atoms with Gasteiger partial charge in [-0.05, 0) is 50.5 Å². The molecule has 1 N–H and O–H groups in total. The van der Waals surface area contributed by atoms with Gasteiger partial charge in [0.2, 0.25) is 18.6 Å². The number of hydrogen-bond donors (Lipinski definition) is 1. The molecule has 0 spiro atoms. The molecule has 4 rings (SSSR count). The molecule has 194 valence electrons. The molecule has 0 radical (unpaired) electrons. The molecule has 9 heteroatoms. The number of aryl methyl sites for hydroxylation is 3. The van der Waals surface area contributed by atoms with Crippen LogP contribution in [0, 0.1) is 26.7 Å². The normalized spacial score (nSPS) is 12.9. The lowest BCUT2D eigenvalue weighted by atomic mass is 10.00. The van der Waals surface area contributed by atoms with Crippen LogP contribution in [0.5, 0.6) is 11.5 Å². The second kappa shape index (κ2) is 11.6. The Morgan fingerprint density at radius 3 is 2.32 bits per heavy atom. The summed E-state index contributed by atoms with van der Waals surface area (Å²) in [5, 5.41) is 3.52. The van der Waals surface area contributed by atoms with Crippen molar-refractivity contribution in [3.8, 4) is 11.5 Å². The number of fused-ring (bicyclic) bond motifs is 1. The quantitative estimate of drug-likeness (QED) is 0.316. The molecule has 2 heterocycles. The molecule has 0 saturated carbocycles. The van der Waals surface area contributed by atoms with E-state index in [9.17, 15) is 9.59 Å². The smallest absolute Gasteiger partial charge is 0.247 e. The predicted molar refractivity (Wildman–Crippen MR) is 144 cm³/mol. The number of amides is 2.